The van der Waals surface area contributed by atoms with E-state index in [0.29, 0.717) is 11.9 Å². The van der Waals surface area contributed by atoms with Gasteiger partial charge in [-0.05, 0) is 44.0 Å². The van der Waals surface area contributed by atoms with E-state index in [1.807, 2.05) is 0 Å². The van der Waals surface area contributed by atoms with E-state index in [1.165, 1.54) is 37.2 Å². The number of rotatable bonds is 2. The Hall–Kier alpha value is -0.250. The minimum absolute atomic E-state index is 0.561. The van der Waals surface area contributed by atoms with Crippen molar-refractivity contribution < 1.29 is 0 Å². The van der Waals surface area contributed by atoms with Gasteiger partial charge in [-0.1, -0.05) is 22.0 Å². The molecule has 2 aliphatic heterocycles. The molecule has 0 amide bonds. The Bertz CT molecular complexity index is 465. The third-order valence-electron chi connectivity index (χ3n) is 4.44. The predicted molar refractivity (Wildman–Crippen MR) is 85.1 cm³/mol. The van der Waals surface area contributed by atoms with Crippen molar-refractivity contribution in [2.24, 2.45) is 0 Å². The highest BCUT2D eigenvalue weighted by Crippen LogP contribution is 2.33. The lowest BCUT2D eigenvalue weighted by Gasteiger charge is -2.44. The minimum atomic E-state index is 0.561. The third kappa shape index (κ3) is 2.65. The Balaban J connectivity index is 1.90. The van der Waals surface area contributed by atoms with Crippen molar-refractivity contribution in [2.45, 2.75) is 37.7 Å². The lowest BCUT2D eigenvalue weighted by Crippen LogP contribution is -2.55. The van der Waals surface area contributed by atoms with E-state index in [2.05, 4.69) is 50.9 Å². The van der Waals surface area contributed by atoms with Gasteiger partial charge in [0.15, 0.2) is 0 Å². The zero-order chi connectivity index (χ0) is 13.4. The summed E-state index contributed by atoms with van der Waals surface area (Å²) in [6, 6.07) is 7.74. The number of piperazine rings is 1. The largest absolute Gasteiger partial charge is 0.366 e. The summed E-state index contributed by atoms with van der Waals surface area (Å²) in [6.07, 6.45) is 2.69. The Labute approximate surface area is 128 Å². The molecule has 2 saturated heterocycles. The highest BCUT2D eigenvalue weighted by atomic mass is 79.9. The predicted octanol–water partition coefficient (Wildman–Crippen LogP) is 3.86. The summed E-state index contributed by atoms with van der Waals surface area (Å²) in [7, 11) is 0. The fourth-order valence-electron chi connectivity index (χ4n) is 3.44. The Morgan fingerprint density at radius 2 is 2.21 bits per heavy atom. The second-order valence-electron chi connectivity index (χ2n) is 5.70. The van der Waals surface area contributed by atoms with Gasteiger partial charge in [-0.15, -0.1) is 11.6 Å². The van der Waals surface area contributed by atoms with Gasteiger partial charge in [0.05, 0.1) is 0 Å². The SMILES string of the molecule is CC1CN2CCCC2CN1c1cc(Br)ccc1CCl. The Morgan fingerprint density at radius 3 is 3.00 bits per heavy atom. The summed E-state index contributed by atoms with van der Waals surface area (Å²) in [5.74, 6) is 0.584. The van der Waals surface area contributed by atoms with Crippen molar-refractivity contribution in [1.82, 2.24) is 4.90 Å². The number of nitrogens with zero attached hydrogens (tertiary/aromatic N) is 2. The molecule has 0 radical (unpaired) electrons. The number of hydrogen-bond acceptors (Lipinski definition) is 2. The zero-order valence-electron chi connectivity index (χ0n) is 11.3. The highest BCUT2D eigenvalue weighted by Gasteiger charge is 2.34. The molecule has 0 aliphatic carbocycles. The first kappa shape index (κ1) is 13.7. The number of anilines is 1. The van der Waals surface area contributed by atoms with Gasteiger partial charge in [-0.25, -0.2) is 0 Å². The third-order valence-corrected chi connectivity index (χ3v) is 5.22. The van der Waals surface area contributed by atoms with Crippen molar-refractivity contribution in [3.8, 4) is 0 Å². The van der Waals surface area contributed by atoms with E-state index in [4.69, 9.17) is 11.6 Å². The summed E-state index contributed by atoms with van der Waals surface area (Å²) in [4.78, 5) is 5.20. The Kier molecular flexibility index (Phi) is 4.06. The lowest BCUT2D eigenvalue weighted by molar-refractivity contribution is 0.203. The number of hydrogen-bond donors (Lipinski definition) is 0. The zero-order valence-corrected chi connectivity index (χ0v) is 13.6. The van der Waals surface area contributed by atoms with Crippen molar-refractivity contribution in [3.05, 3.63) is 28.2 Å². The van der Waals surface area contributed by atoms with E-state index in [-0.39, 0.29) is 0 Å². The van der Waals surface area contributed by atoms with Crippen molar-refractivity contribution in [2.75, 3.05) is 24.5 Å². The van der Waals surface area contributed by atoms with Gasteiger partial charge in [-0.3, -0.25) is 4.90 Å². The summed E-state index contributed by atoms with van der Waals surface area (Å²) in [5, 5.41) is 0. The van der Waals surface area contributed by atoms with Crippen LogP contribution in [0.25, 0.3) is 0 Å². The molecule has 2 unspecified atom stereocenters. The molecular formula is C15H20BrClN2. The fraction of sp³-hybridized carbons (Fsp3) is 0.600. The van der Waals surface area contributed by atoms with E-state index in [1.54, 1.807) is 0 Å². The second-order valence-corrected chi connectivity index (χ2v) is 6.88. The van der Waals surface area contributed by atoms with Crippen LogP contribution in [0.1, 0.15) is 25.3 Å². The van der Waals surface area contributed by atoms with Gasteiger partial charge in [0.1, 0.15) is 0 Å². The monoisotopic (exact) mass is 342 g/mol. The second kappa shape index (κ2) is 5.63. The average molecular weight is 344 g/mol. The standard InChI is InChI=1S/C15H20BrClN2/c1-11-9-18-6-2-3-14(18)10-19(11)15-7-13(16)5-4-12(15)8-17/h4-5,7,11,14H,2-3,6,8-10H2,1H3. The van der Waals surface area contributed by atoms with Gasteiger partial charge in [0, 0.05) is 41.2 Å². The molecule has 0 bridgehead atoms. The average Bonchev–Trinajstić information content (AvgIpc) is 2.84. The van der Waals surface area contributed by atoms with Crippen LogP contribution in [0.15, 0.2) is 22.7 Å². The summed E-state index contributed by atoms with van der Waals surface area (Å²) in [5.41, 5.74) is 2.55. The van der Waals surface area contributed by atoms with E-state index in [9.17, 15) is 0 Å². The number of alkyl halides is 1. The van der Waals surface area contributed by atoms with Gasteiger partial charge in [-0.2, -0.15) is 0 Å². The van der Waals surface area contributed by atoms with Crippen molar-refractivity contribution in [3.63, 3.8) is 0 Å². The first-order valence-corrected chi connectivity index (χ1v) is 8.37. The Morgan fingerprint density at radius 1 is 1.37 bits per heavy atom. The minimum Gasteiger partial charge on any atom is -0.366 e. The van der Waals surface area contributed by atoms with Crippen molar-refractivity contribution >= 4 is 33.2 Å². The summed E-state index contributed by atoms with van der Waals surface area (Å²) < 4.78 is 1.14. The molecule has 104 valence electrons. The maximum atomic E-state index is 6.11. The number of benzene rings is 1. The van der Waals surface area contributed by atoms with Crippen LogP contribution in [0.3, 0.4) is 0 Å². The maximum Gasteiger partial charge on any atom is 0.0494 e. The van der Waals surface area contributed by atoms with Gasteiger partial charge >= 0.3 is 0 Å². The normalized spacial score (nSPS) is 27.6. The van der Waals surface area contributed by atoms with Crippen LogP contribution in [0.4, 0.5) is 5.69 Å². The van der Waals surface area contributed by atoms with Crippen LogP contribution in [-0.4, -0.2) is 36.6 Å². The molecule has 19 heavy (non-hydrogen) atoms. The molecule has 2 heterocycles. The van der Waals surface area contributed by atoms with Crippen LogP contribution in [0.2, 0.25) is 0 Å². The molecular weight excluding hydrogens is 324 g/mol. The van der Waals surface area contributed by atoms with E-state index >= 15 is 0 Å². The van der Waals surface area contributed by atoms with Gasteiger partial charge in [0.2, 0.25) is 0 Å². The van der Waals surface area contributed by atoms with Gasteiger partial charge in [0.25, 0.3) is 0 Å². The van der Waals surface area contributed by atoms with Gasteiger partial charge < -0.3 is 4.90 Å². The van der Waals surface area contributed by atoms with Crippen LogP contribution in [-0.2, 0) is 5.88 Å². The van der Waals surface area contributed by atoms with Crippen LogP contribution >= 0.6 is 27.5 Å². The van der Waals surface area contributed by atoms with E-state index < -0.39 is 0 Å². The smallest absolute Gasteiger partial charge is 0.0494 e. The first-order chi connectivity index (χ1) is 9.19. The first-order valence-electron chi connectivity index (χ1n) is 7.04. The van der Waals surface area contributed by atoms with E-state index in [0.717, 1.165) is 17.1 Å². The molecule has 2 atom stereocenters. The molecule has 3 rings (SSSR count). The molecule has 0 aromatic heterocycles. The molecule has 0 spiro atoms. The summed E-state index contributed by atoms with van der Waals surface area (Å²) in [6.45, 7) is 5.93. The summed E-state index contributed by atoms with van der Waals surface area (Å²) >= 11 is 9.70. The number of halogens is 2. The molecule has 0 N–H and O–H groups in total. The molecule has 1 aromatic rings. The highest BCUT2D eigenvalue weighted by molar-refractivity contribution is 9.10. The number of fused-ring (bicyclic) bond motifs is 1. The van der Waals surface area contributed by atoms with Crippen molar-refractivity contribution in [1.29, 1.82) is 0 Å². The molecule has 2 nitrogen and oxygen atoms in total. The molecule has 4 heteroatoms. The lowest BCUT2D eigenvalue weighted by atomic mass is 10.0. The fourth-order valence-corrected chi connectivity index (χ4v) is 4.02. The molecule has 2 aliphatic rings. The van der Waals surface area contributed by atoms with Crippen LogP contribution < -0.4 is 4.90 Å². The quantitative estimate of drug-likeness (QED) is 0.752. The molecule has 0 saturated carbocycles. The topological polar surface area (TPSA) is 6.48 Å². The molecule has 2 fully saturated rings. The van der Waals surface area contributed by atoms with Crippen LogP contribution in [0.5, 0.6) is 0 Å². The molecule has 1 aromatic carbocycles. The van der Waals surface area contributed by atoms with Crippen LogP contribution in [0, 0.1) is 0 Å². The maximum absolute atomic E-state index is 6.11.